The van der Waals surface area contributed by atoms with Gasteiger partial charge in [-0.3, -0.25) is 9.63 Å². The fourth-order valence-electron chi connectivity index (χ4n) is 0.671. The third-order valence-corrected chi connectivity index (χ3v) is 1.78. The van der Waals surface area contributed by atoms with E-state index in [2.05, 4.69) is 42.1 Å². The standard InChI is InChI=1S/C8H6BrN3O2/c1-2-3-14-12-8(13)7-6(9)4-10-5-11-7/h1,4-5H,3H2,(H,12,13). The van der Waals surface area contributed by atoms with Gasteiger partial charge in [0.2, 0.25) is 0 Å². The molecule has 5 nitrogen and oxygen atoms in total. The average Bonchev–Trinajstić information content (AvgIpc) is 2.18. The molecule has 0 aliphatic carbocycles. The molecular weight excluding hydrogens is 250 g/mol. The molecule has 0 spiro atoms. The molecule has 0 radical (unpaired) electrons. The van der Waals surface area contributed by atoms with Crippen molar-refractivity contribution in [2.45, 2.75) is 0 Å². The summed E-state index contributed by atoms with van der Waals surface area (Å²) < 4.78 is 0.488. The lowest BCUT2D eigenvalue weighted by Crippen LogP contribution is -2.25. The SMILES string of the molecule is C#CCONC(=O)c1ncncc1Br. The van der Waals surface area contributed by atoms with Crippen molar-refractivity contribution in [3.05, 3.63) is 22.7 Å². The summed E-state index contributed by atoms with van der Waals surface area (Å²) in [6.07, 6.45) is 7.65. The van der Waals surface area contributed by atoms with Gasteiger partial charge in [-0.15, -0.1) is 6.42 Å². The Balaban J connectivity index is 2.62. The summed E-state index contributed by atoms with van der Waals surface area (Å²) in [6, 6.07) is 0. The molecule has 72 valence electrons. The second-order valence-electron chi connectivity index (χ2n) is 2.14. The molecule has 0 aliphatic heterocycles. The summed E-state index contributed by atoms with van der Waals surface area (Å²) >= 11 is 3.12. The van der Waals surface area contributed by atoms with Crippen LogP contribution in [0.3, 0.4) is 0 Å². The third-order valence-electron chi connectivity index (χ3n) is 1.20. The first kappa shape index (κ1) is 10.6. The van der Waals surface area contributed by atoms with Crippen LogP contribution < -0.4 is 5.48 Å². The Morgan fingerprint density at radius 2 is 2.57 bits per heavy atom. The van der Waals surface area contributed by atoms with Gasteiger partial charge in [-0.1, -0.05) is 5.92 Å². The highest BCUT2D eigenvalue weighted by atomic mass is 79.9. The predicted octanol–water partition coefficient (Wildman–Crippen LogP) is 0.534. The molecule has 0 aliphatic rings. The topological polar surface area (TPSA) is 64.1 Å². The van der Waals surface area contributed by atoms with Gasteiger partial charge in [0.25, 0.3) is 5.91 Å². The minimum absolute atomic E-state index is 0.00838. The fraction of sp³-hybridized carbons (Fsp3) is 0.125. The molecule has 1 rings (SSSR count). The lowest BCUT2D eigenvalue weighted by atomic mass is 10.4. The van der Waals surface area contributed by atoms with Gasteiger partial charge in [-0.2, -0.15) is 0 Å². The number of aromatic nitrogens is 2. The van der Waals surface area contributed by atoms with Crippen molar-refractivity contribution in [1.82, 2.24) is 15.4 Å². The van der Waals surface area contributed by atoms with Gasteiger partial charge < -0.3 is 0 Å². The summed E-state index contributed by atoms with van der Waals surface area (Å²) in [4.78, 5) is 23.4. The van der Waals surface area contributed by atoms with E-state index >= 15 is 0 Å². The molecule has 0 aromatic carbocycles. The largest absolute Gasteiger partial charge is 0.294 e. The molecule has 0 fully saturated rings. The molecule has 0 saturated carbocycles. The van der Waals surface area contributed by atoms with Crippen LogP contribution in [0.15, 0.2) is 17.0 Å². The van der Waals surface area contributed by atoms with Crippen LogP contribution in [0.25, 0.3) is 0 Å². The maximum atomic E-state index is 11.3. The Bertz CT molecular complexity index is 375. The second kappa shape index (κ2) is 5.32. The maximum Gasteiger partial charge on any atom is 0.294 e. The smallest absolute Gasteiger partial charge is 0.265 e. The summed E-state index contributed by atoms with van der Waals surface area (Å²) in [7, 11) is 0. The van der Waals surface area contributed by atoms with Crippen LogP contribution in [0.2, 0.25) is 0 Å². The molecular formula is C8H6BrN3O2. The minimum Gasteiger partial charge on any atom is -0.265 e. The van der Waals surface area contributed by atoms with Gasteiger partial charge in [0.05, 0.1) is 4.47 Å². The lowest BCUT2D eigenvalue weighted by Gasteiger charge is -2.02. The van der Waals surface area contributed by atoms with Crippen LogP contribution in [-0.2, 0) is 4.84 Å². The zero-order valence-electron chi connectivity index (χ0n) is 7.03. The van der Waals surface area contributed by atoms with E-state index < -0.39 is 5.91 Å². The number of carbonyl (C=O) groups excluding carboxylic acids is 1. The molecule has 1 N–H and O–H groups in total. The van der Waals surface area contributed by atoms with Crippen molar-refractivity contribution in [3.8, 4) is 12.3 Å². The van der Waals surface area contributed by atoms with E-state index in [0.29, 0.717) is 4.47 Å². The first-order valence-electron chi connectivity index (χ1n) is 3.57. The number of rotatable bonds is 3. The average molecular weight is 256 g/mol. The van der Waals surface area contributed by atoms with Gasteiger partial charge in [-0.25, -0.2) is 15.4 Å². The zero-order valence-corrected chi connectivity index (χ0v) is 8.61. The third kappa shape index (κ3) is 2.80. The number of terminal acetylenes is 1. The molecule has 0 atom stereocenters. The van der Waals surface area contributed by atoms with Gasteiger partial charge in [0.15, 0.2) is 0 Å². The van der Waals surface area contributed by atoms with Crippen molar-refractivity contribution in [2.75, 3.05) is 6.61 Å². The van der Waals surface area contributed by atoms with E-state index in [0.717, 1.165) is 0 Å². The van der Waals surface area contributed by atoms with Crippen molar-refractivity contribution in [3.63, 3.8) is 0 Å². The number of nitrogens with zero attached hydrogens (tertiary/aromatic N) is 2. The number of hydrogen-bond acceptors (Lipinski definition) is 4. The summed E-state index contributed by atoms with van der Waals surface area (Å²) in [5, 5.41) is 0. The van der Waals surface area contributed by atoms with Gasteiger partial charge >= 0.3 is 0 Å². The normalized spacial score (nSPS) is 9.14. The predicted molar refractivity (Wildman–Crippen MR) is 52.0 cm³/mol. The van der Waals surface area contributed by atoms with E-state index in [9.17, 15) is 4.79 Å². The molecule has 0 saturated heterocycles. The molecule has 14 heavy (non-hydrogen) atoms. The number of halogens is 1. The molecule has 0 bridgehead atoms. The quantitative estimate of drug-likeness (QED) is 0.487. The molecule has 1 aromatic heterocycles. The van der Waals surface area contributed by atoms with E-state index in [-0.39, 0.29) is 12.3 Å². The number of amides is 1. The Labute approximate surface area is 89.0 Å². The van der Waals surface area contributed by atoms with E-state index in [1.807, 2.05) is 0 Å². The maximum absolute atomic E-state index is 11.3. The number of carbonyl (C=O) groups is 1. The van der Waals surface area contributed by atoms with Gasteiger partial charge in [0, 0.05) is 6.20 Å². The molecule has 1 heterocycles. The van der Waals surface area contributed by atoms with Crippen LogP contribution in [0.4, 0.5) is 0 Å². The molecule has 1 aromatic rings. The van der Waals surface area contributed by atoms with Crippen molar-refractivity contribution < 1.29 is 9.63 Å². The summed E-state index contributed by atoms with van der Waals surface area (Å²) in [5.41, 5.74) is 2.33. The van der Waals surface area contributed by atoms with Gasteiger partial charge in [-0.05, 0) is 15.9 Å². The molecule has 1 amide bonds. The van der Waals surface area contributed by atoms with Crippen molar-refractivity contribution in [2.24, 2.45) is 0 Å². The highest BCUT2D eigenvalue weighted by Gasteiger charge is 2.10. The first-order chi connectivity index (χ1) is 6.75. The van der Waals surface area contributed by atoms with E-state index in [1.165, 1.54) is 12.5 Å². The highest BCUT2D eigenvalue weighted by molar-refractivity contribution is 9.10. The monoisotopic (exact) mass is 255 g/mol. The van der Waals surface area contributed by atoms with E-state index in [1.54, 1.807) is 0 Å². The van der Waals surface area contributed by atoms with Gasteiger partial charge in [0.1, 0.15) is 18.6 Å². The van der Waals surface area contributed by atoms with Crippen molar-refractivity contribution >= 4 is 21.8 Å². The Hall–Kier alpha value is -1.45. The fourth-order valence-corrected chi connectivity index (χ4v) is 1.07. The second-order valence-corrected chi connectivity index (χ2v) is 3.00. The van der Waals surface area contributed by atoms with Crippen LogP contribution in [0.5, 0.6) is 0 Å². The Kier molecular flexibility index (Phi) is 4.04. The van der Waals surface area contributed by atoms with Crippen molar-refractivity contribution in [1.29, 1.82) is 0 Å². The van der Waals surface area contributed by atoms with Crippen LogP contribution in [0, 0.1) is 12.3 Å². The minimum atomic E-state index is -0.477. The number of nitrogens with one attached hydrogen (secondary N) is 1. The summed E-state index contributed by atoms with van der Waals surface area (Å²) in [5.74, 6) is 1.73. The first-order valence-corrected chi connectivity index (χ1v) is 4.36. The Morgan fingerprint density at radius 3 is 3.21 bits per heavy atom. The van der Waals surface area contributed by atoms with Crippen LogP contribution >= 0.6 is 15.9 Å². The molecule has 6 heteroatoms. The number of hydrogen-bond donors (Lipinski definition) is 1. The Morgan fingerprint density at radius 1 is 1.79 bits per heavy atom. The zero-order chi connectivity index (χ0) is 10.4. The van der Waals surface area contributed by atoms with E-state index in [4.69, 9.17) is 6.42 Å². The molecule has 0 unspecified atom stereocenters. The van der Waals surface area contributed by atoms with Crippen LogP contribution in [0.1, 0.15) is 10.5 Å². The lowest BCUT2D eigenvalue weighted by molar-refractivity contribution is 0.0432. The van der Waals surface area contributed by atoms with Crippen LogP contribution in [-0.4, -0.2) is 22.5 Å². The number of hydroxylamine groups is 1. The highest BCUT2D eigenvalue weighted by Crippen LogP contribution is 2.10. The summed E-state index contributed by atoms with van der Waals surface area (Å²) in [6.45, 7) is 0.00838.